The standard InChI is InChI=1S/C24H27N3O2/c1-14(2)16-8-10-19(20(13-16)27-23(29)24(4,5)6)26-18-11-12-21(28)22-17(18)9-7-15(3)25-22/h7-14H,1-6H3,(H,27,29). The number of aryl methyl sites for hydroxylation is 1. The number of nitrogens with one attached hydrogen (secondary N) is 1. The van der Waals surface area contributed by atoms with Crippen LogP contribution in [0.1, 0.15) is 67.8 Å². The molecule has 2 aromatic rings. The van der Waals surface area contributed by atoms with E-state index in [9.17, 15) is 9.59 Å². The zero-order valence-electron chi connectivity index (χ0n) is 17.8. The van der Waals surface area contributed by atoms with Gasteiger partial charge in [-0.05, 0) is 54.8 Å². The van der Waals surface area contributed by atoms with E-state index in [0.29, 0.717) is 34.3 Å². The molecule has 1 aliphatic rings. The summed E-state index contributed by atoms with van der Waals surface area (Å²) in [6.07, 6.45) is 3.19. The van der Waals surface area contributed by atoms with Gasteiger partial charge in [-0.25, -0.2) is 9.98 Å². The Morgan fingerprint density at radius 2 is 1.83 bits per heavy atom. The van der Waals surface area contributed by atoms with Crippen molar-refractivity contribution in [3.05, 3.63) is 65.0 Å². The van der Waals surface area contributed by atoms with Crippen LogP contribution in [0, 0.1) is 12.3 Å². The first kappa shape index (κ1) is 20.6. The highest BCUT2D eigenvalue weighted by atomic mass is 16.2. The molecule has 5 heteroatoms. The first-order valence-corrected chi connectivity index (χ1v) is 9.81. The van der Waals surface area contributed by atoms with E-state index in [4.69, 9.17) is 4.99 Å². The minimum absolute atomic E-state index is 0.0769. The predicted octanol–water partition coefficient (Wildman–Crippen LogP) is 5.37. The number of hydrogen-bond donors (Lipinski definition) is 1. The Balaban J connectivity index is 2.10. The van der Waals surface area contributed by atoms with Gasteiger partial charge in [0.2, 0.25) is 11.7 Å². The SMILES string of the molecule is Cc1ccc2c(n1)C(=O)C=CC2=Nc1ccc(C(C)C)cc1NC(=O)C(C)(C)C. The molecule has 0 saturated heterocycles. The van der Waals surface area contributed by atoms with Gasteiger partial charge in [-0.1, -0.05) is 40.7 Å². The molecule has 0 saturated carbocycles. The van der Waals surface area contributed by atoms with Crippen LogP contribution in [0.15, 0.2) is 47.5 Å². The van der Waals surface area contributed by atoms with Gasteiger partial charge in [0.1, 0.15) is 5.69 Å². The molecular formula is C24H27N3O2. The molecule has 0 aliphatic heterocycles. The molecule has 1 N–H and O–H groups in total. The molecule has 1 aliphatic carbocycles. The number of allylic oxidation sites excluding steroid dienone is 2. The van der Waals surface area contributed by atoms with Gasteiger partial charge in [0.15, 0.2) is 0 Å². The van der Waals surface area contributed by atoms with Gasteiger partial charge in [0.25, 0.3) is 0 Å². The summed E-state index contributed by atoms with van der Waals surface area (Å²) in [6, 6.07) is 9.63. The second kappa shape index (κ2) is 7.74. The zero-order valence-corrected chi connectivity index (χ0v) is 17.8. The molecule has 29 heavy (non-hydrogen) atoms. The third-order valence-corrected chi connectivity index (χ3v) is 4.79. The smallest absolute Gasteiger partial charge is 0.229 e. The maximum Gasteiger partial charge on any atom is 0.229 e. The summed E-state index contributed by atoms with van der Waals surface area (Å²) in [6.45, 7) is 11.7. The van der Waals surface area contributed by atoms with Crippen molar-refractivity contribution in [2.24, 2.45) is 10.4 Å². The second-order valence-corrected chi connectivity index (χ2v) is 8.68. The van der Waals surface area contributed by atoms with Crippen LogP contribution in [-0.4, -0.2) is 22.4 Å². The van der Waals surface area contributed by atoms with Crippen molar-refractivity contribution in [1.29, 1.82) is 0 Å². The Labute approximate surface area is 172 Å². The van der Waals surface area contributed by atoms with Crippen molar-refractivity contribution in [3.8, 4) is 0 Å². The van der Waals surface area contributed by atoms with E-state index in [1.807, 2.05) is 58.0 Å². The van der Waals surface area contributed by atoms with Crippen LogP contribution in [0.5, 0.6) is 0 Å². The van der Waals surface area contributed by atoms with Crippen molar-refractivity contribution >= 4 is 28.8 Å². The molecule has 0 bridgehead atoms. The van der Waals surface area contributed by atoms with Crippen molar-refractivity contribution in [2.45, 2.75) is 47.5 Å². The molecule has 5 nitrogen and oxygen atoms in total. The second-order valence-electron chi connectivity index (χ2n) is 8.68. The predicted molar refractivity (Wildman–Crippen MR) is 117 cm³/mol. The summed E-state index contributed by atoms with van der Waals surface area (Å²) in [5.74, 6) is 0.119. The van der Waals surface area contributed by atoms with Crippen LogP contribution in [-0.2, 0) is 4.79 Å². The number of aromatic nitrogens is 1. The highest BCUT2D eigenvalue weighted by molar-refractivity contribution is 6.23. The highest BCUT2D eigenvalue weighted by Crippen LogP contribution is 2.32. The minimum atomic E-state index is -0.524. The summed E-state index contributed by atoms with van der Waals surface area (Å²) in [4.78, 5) is 34.0. The quantitative estimate of drug-likeness (QED) is 0.767. The molecule has 1 aromatic carbocycles. The monoisotopic (exact) mass is 389 g/mol. The number of nitrogens with zero attached hydrogens (tertiary/aromatic N) is 2. The maximum absolute atomic E-state index is 12.6. The van der Waals surface area contributed by atoms with Crippen molar-refractivity contribution in [3.63, 3.8) is 0 Å². The number of hydrogen-bond acceptors (Lipinski definition) is 4. The molecule has 0 atom stereocenters. The summed E-state index contributed by atoms with van der Waals surface area (Å²) in [7, 11) is 0. The number of ketones is 1. The number of rotatable bonds is 3. The van der Waals surface area contributed by atoms with Crippen molar-refractivity contribution in [2.75, 3.05) is 5.32 Å². The lowest BCUT2D eigenvalue weighted by atomic mass is 9.95. The van der Waals surface area contributed by atoms with Gasteiger partial charge in [0, 0.05) is 16.7 Å². The lowest BCUT2D eigenvalue weighted by molar-refractivity contribution is -0.123. The van der Waals surface area contributed by atoms with Gasteiger partial charge in [-0.3, -0.25) is 9.59 Å². The Morgan fingerprint density at radius 1 is 1.10 bits per heavy atom. The normalized spacial score (nSPS) is 15.0. The number of amides is 1. The Hall–Kier alpha value is -3.08. The van der Waals surface area contributed by atoms with E-state index in [-0.39, 0.29) is 11.7 Å². The number of benzene rings is 1. The number of pyridine rings is 1. The Kier molecular flexibility index (Phi) is 5.51. The van der Waals surface area contributed by atoms with Crippen LogP contribution in [0.4, 0.5) is 11.4 Å². The molecule has 3 rings (SSSR count). The number of carbonyl (C=O) groups excluding carboxylic acids is 2. The van der Waals surface area contributed by atoms with E-state index < -0.39 is 5.41 Å². The zero-order chi connectivity index (χ0) is 21.3. The van der Waals surface area contributed by atoms with Crippen LogP contribution in [0.2, 0.25) is 0 Å². The molecule has 1 aromatic heterocycles. The molecule has 1 amide bonds. The third-order valence-electron chi connectivity index (χ3n) is 4.79. The van der Waals surface area contributed by atoms with Crippen LogP contribution in [0.25, 0.3) is 0 Å². The maximum atomic E-state index is 12.6. The van der Waals surface area contributed by atoms with E-state index >= 15 is 0 Å². The van der Waals surface area contributed by atoms with Gasteiger partial charge in [-0.15, -0.1) is 0 Å². The van der Waals surface area contributed by atoms with Gasteiger partial charge < -0.3 is 5.32 Å². The summed E-state index contributed by atoms with van der Waals surface area (Å²) < 4.78 is 0. The van der Waals surface area contributed by atoms with Gasteiger partial charge >= 0.3 is 0 Å². The fourth-order valence-corrected chi connectivity index (χ4v) is 2.92. The van der Waals surface area contributed by atoms with E-state index in [2.05, 4.69) is 24.1 Å². The number of aliphatic imine (C=N–C) groups is 1. The molecule has 0 spiro atoms. The van der Waals surface area contributed by atoms with Crippen molar-refractivity contribution in [1.82, 2.24) is 4.98 Å². The number of anilines is 1. The number of carbonyl (C=O) groups is 2. The van der Waals surface area contributed by atoms with Gasteiger partial charge in [-0.2, -0.15) is 0 Å². The summed E-state index contributed by atoms with van der Waals surface area (Å²) in [5.41, 5.74) is 4.44. The number of fused-ring (bicyclic) bond motifs is 1. The third kappa shape index (κ3) is 4.50. The molecule has 150 valence electrons. The average Bonchev–Trinajstić information content (AvgIpc) is 2.64. The first-order chi connectivity index (χ1) is 13.6. The molecule has 0 unspecified atom stereocenters. The van der Waals surface area contributed by atoms with Crippen LogP contribution >= 0.6 is 0 Å². The summed E-state index contributed by atoms with van der Waals surface area (Å²) in [5, 5.41) is 3.02. The minimum Gasteiger partial charge on any atom is -0.324 e. The van der Waals surface area contributed by atoms with E-state index in [1.165, 1.54) is 6.08 Å². The van der Waals surface area contributed by atoms with Crippen molar-refractivity contribution < 1.29 is 9.59 Å². The highest BCUT2D eigenvalue weighted by Gasteiger charge is 2.23. The summed E-state index contributed by atoms with van der Waals surface area (Å²) >= 11 is 0. The lowest BCUT2D eigenvalue weighted by Crippen LogP contribution is -2.27. The lowest BCUT2D eigenvalue weighted by Gasteiger charge is -2.20. The average molecular weight is 389 g/mol. The largest absolute Gasteiger partial charge is 0.324 e. The molecule has 1 heterocycles. The topological polar surface area (TPSA) is 71.4 Å². The Morgan fingerprint density at radius 3 is 2.48 bits per heavy atom. The fraction of sp³-hybridized carbons (Fsp3) is 0.333. The molecule has 0 fully saturated rings. The first-order valence-electron chi connectivity index (χ1n) is 9.81. The molecule has 0 radical (unpaired) electrons. The van der Waals surface area contributed by atoms with Gasteiger partial charge in [0.05, 0.1) is 17.1 Å². The van der Waals surface area contributed by atoms with Crippen LogP contribution < -0.4 is 5.32 Å². The van der Waals surface area contributed by atoms with E-state index in [0.717, 1.165) is 11.3 Å². The van der Waals surface area contributed by atoms with Crippen LogP contribution in [0.3, 0.4) is 0 Å². The fourth-order valence-electron chi connectivity index (χ4n) is 2.92. The Bertz CT molecular complexity index is 1040. The molecular weight excluding hydrogens is 362 g/mol. The van der Waals surface area contributed by atoms with E-state index in [1.54, 1.807) is 6.08 Å².